The quantitative estimate of drug-likeness (QED) is 0.506. The zero-order valence-electron chi connectivity index (χ0n) is 17.9. The molecule has 1 fully saturated rings. The van der Waals surface area contributed by atoms with E-state index in [1.54, 1.807) is 6.20 Å². The molecule has 0 radical (unpaired) electrons. The van der Waals surface area contributed by atoms with Gasteiger partial charge in [-0.2, -0.15) is 4.68 Å². The fraction of sp³-hybridized carbons (Fsp3) is 0.292. The third kappa shape index (κ3) is 4.09. The molecule has 0 bridgehead atoms. The van der Waals surface area contributed by atoms with Crippen LogP contribution in [0.3, 0.4) is 0 Å². The molecule has 0 amide bonds. The summed E-state index contributed by atoms with van der Waals surface area (Å²) in [7, 11) is 0. The van der Waals surface area contributed by atoms with Crippen molar-refractivity contribution in [1.29, 1.82) is 0 Å². The predicted octanol–water partition coefficient (Wildman–Crippen LogP) is 2.99. The Labute approximate surface area is 185 Å². The van der Waals surface area contributed by atoms with E-state index < -0.39 is 0 Å². The molecular formula is C24H26N6O2. The van der Waals surface area contributed by atoms with Gasteiger partial charge in [0.2, 0.25) is 5.65 Å². The molecule has 0 saturated carbocycles. The number of nitrogens with two attached hydrogens (primary N) is 1. The molecule has 0 unspecified atom stereocenters. The number of anilines is 1. The highest BCUT2D eigenvalue weighted by atomic mass is 16.5. The summed E-state index contributed by atoms with van der Waals surface area (Å²) in [6, 6.07) is 16.9. The normalized spacial score (nSPS) is 14.6. The Morgan fingerprint density at radius 1 is 0.969 bits per heavy atom. The summed E-state index contributed by atoms with van der Waals surface area (Å²) in [5, 5.41) is 4.36. The van der Waals surface area contributed by atoms with Gasteiger partial charge in [-0.05, 0) is 62.3 Å². The molecule has 0 spiro atoms. The van der Waals surface area contributed by atoms with E-state index in [1.165, 1.54) is 28.3 Å². The van der Waals surface area contributed by atoms with Crippen LogP contribution in [0.2, 0.25) is 0 Å². The smallest absolute Gasteiger partial charge is 0.355 e. The van der Waals surface area contributed by atoms with Crippen molar-refractivity contribution >= 4 is 11.5 Å². The van der Waals surface area contributed by atoms with E-state index in [4.69, 9.17) is 10.5 Å². The summed E-state index contributed by atoms with van der Waals surface area (Å²) < 4.78 is 8.68. The van der Waals surface area contributed by atoms with E-state index in [0.717, 1.165) is 30.9 Å². The third-order valence-corrected chi connectivity index (χ3v) is 5.81. The summed E-state index contributed by atoms with van der Waals surface area (Å²) in [4.78, 5) is 19.8. The lowest BCUT2D eigenvalue weighted by atomic mass is 10.1. The maximum atomic E-state index is 12.9. The van der Waals surface area contributed by atoms with Gasteiger partial charge in [0, 0.05) is 18.3 Å². The van der Waals surface area contributed by atoms with Crippen LogP contribution in [0.5, 0.6) is 5.75 Å². The number of hydrogen-bond donors (Lipinski definition) is 1. The van der Waals surface area contributed by atoms with Gasteiger partial charge < -0.3 is 10.5 Å². The predicted molar refractivity (Wildman–Crippen MR) is 124 cm³/mol. The molecule has 8 heteroatoms. The Morgan fingerprint density at radius 2 is 1.72 bits per heavy atom. The summed E-state index contributed by atoms with van der Waals surface area (Å²) in [5.74, 6) is 1.02. The first-order valence-corrected chi connectivity index (χ1v) is 11.0. The van der Waals surface area contributed by atoms with Gasteiger partial charge in [-0.3, -0.25) is 4.90 Å². The van der Waals surface area contributed by atoms with Crippen LogP contribution in [0.4, 0.5) is 5.82 Å². The molecule has 2 aromatic carbocycles. The number of fused-ring (bicyclic) bond motifs is 1. The highest BCUT2D eigenvalue weighted by Gasteiger charge is 2.14. The molecule has 1 saturated heterocycles. The van der Waals surface area contributed by atoms with E-state index in [9.17, 15) is 4.79 Å². The molecule has 1 aliphatic heterocycles. The molecule has 3 heterocycles. The van der Waals surface area contributed by atoms with Gasteiger partial charge in [0.25, 0.3) is 0 Å². The average Bonchev–Trinajstić information content (AvgIpc) is 3.18. The molecule has 2 aromatic heterocycles. The molecule has 2 N–H and O–H groups in total. The summed E-state index contributed by atoms with van der Waals surface area (Å²) in [6.45, 7) is 3.95. The second-order valence-electron chi connectivity index (χ2n) is 8.01. The SMILES string of the molecule is Nc1nc(-c2ccc(OCCN3CCCCC3)cc2)cn2c(=O)n(-c3ccccc3)nc12. The van der Waals surface area contributed by atoms with Gasteiger partial charge in [-0.1, -0.05) is 24.6 Å². The minimum absolute atomic E-state index is 0.205. The van der Waals surface area contributed by atoms with E-state index in [1.807, 2.05) is 54.6 Å². The van der Waals surface area contributed by atoms with Crippen molar-refractivity contribution in [2.24, 2.45) is 0 Å². The van der Waals surface area contributed by atoms with Gasteiger partial charge in [-0.25, -0.2) is 14.2 Å². The van der Waals surface area contributed by atoms with Crippen LogP contribution in [-0.2, 0) is 0 Å². The number of hydrogen-bond acceptors (Lipinski definition) is 6. The molecule has 32 heavy (non-hydrogen) atoms. The zero-order chi connectivity index (χ0) is 21.9. The van der Waals surface area contributed by atoms with Crippen LogP contribution in [0.25, 0.3) is 22.6 Å². The first kappa shape index (κ1) is 20.3. The Kier molecular flexibility index (Phi) is 5.60. The van der Waals surface area contributed by atoms with Crippen molar-refractivity contribution in [3.8, 4) is 22.7 Å². The van der Waals surface area contributed by atoms with Gasteiger partial charge in [0.15, 0.2) is 5.82 Å². The Hall–Kier alpha value is -3.65. The fourth-order valence-corrected chi connectivity index (χ4v) is 4.07. The number of ether oxygens (including phenoxy) is 1. The summed E-state index contributed by atoms with van der Waals surface area (Å²) in [6.07, 6.45) is 5.57. The first-order chi connectivity index (χ1) is 15.7. The maximum Gasteiger partial charge on any atom is 0.355 e. The largest absolute Gasteiger partial charge is 0.492 e. The van der Waals surface area contributed by atoms with Crippen molar-refractivity contribution in [3.05, 3.63) is 71.3 Å². The molecule has 0 aliphatic carbocycles. The number of aromatic nitrogens is 4. The van der Waals surface area contributed by atoms with Gasteiger partial charge in [0.1, 0.15) is 12.4 Å². The molecular weight excluding hydrogens is 404 g/mol. The van der Waals surface area contributed by atoms with Crippen LogP contribution < -0.4 is 16.2 Å². The van der Waals surface area contributed by atoms with E-state index in [0.29, 0.717) is 23.6 Å². The van der Waals surface area contributed by atoms with Crippen LogP contribution in [0.15, 0.2) is 65.6 Å². The van der Waals surface area contributed by atoms with Crippen LogP contribution in [0, 0.1) is 0 Å². The highest BCUT2D eigenvalue weighted by Crippen LogP contribution is 2.23. The van der Waals surface area contributed by atoms with Crippen LogP contribution in [-0.4, -0.2) is 50.3 Å². The van der Waals surface area contributed by atoms with Gasteiger partial charge in [-0.15, -0.1) is 5.10 Å². The Balaban J connectivity index is 1.35. The standard InChI is InChI=1S/C24H26N6O2/c25-22-23-27-30(19-7-3-1-4-8-19)24(31)29(23)17-21(26-22)18-9-11-20(12-10-18)32-16-15-28-13-5-2-6-14-28/h1,3-4,7-12,17H,2,5-6,13-16H2,(H2,25,26). The Morgan fingerprint density at radius 3 is 2.47 bits per heavy atom. The summed E-state index contributed by atoms with van der Waals surface area (Å²) in [5.41, 5.74) is 8.31. The van der Waals surface area contributed by atoms with Crippen molar-refractivity contribution in [1.82, 2.24) is 24.1 Å². The molecule has 1 aliphatic rings. The topological polar surface area (TPSA) is 90.7 Å². The first-order valence-electron chi connectivity index (χ1n) is 11.0. The van der Waals surface area contributed by atoms with Gasteiger partial charge in [0.05, 0.1) is 11.4 Å². The van der Waals surface area contributed by atoms with E-state index in [-0.39, 0.29) is 11.5 Å². The minimum Gasteiger partial charge on any atom is -0.492 e. The van der Waals surface area contributed by atoms with E-state index >= 15 is 0 Å². The van der Waals surface area contributed by atoms with E-state index in [2.05, 4.69) is 15.0 Å². The van der Waals surface area contributed by atoms with Crippen LogP contribution >= 0.6 is 0 Å². The second kappa shape index (κ2) is 8.84. The average molecular weight is 431 g/mol. The zero-order valence-corrected chi connectivity index (χ0v) is 17.9. The maximum absolute atomic E-state index is 12.9. The highest BCUT2D eigenvalue weighted by molar-refractivity contribution is 5.67. The lowest BCUT2D eigenvalue weighted by molar-refractivity contribution is 0.183. The fourth-order valence-electron chi connectivity index (χ4n) is 4.07. The van der Waals surface area contributed by atoms with Crippen molar-refractivity contribution in [3.63, 3.8) is 0 Å². The molecule has 164 valence electrons. The van der Waals surface area contributed by atoms with Crippen molar-refractivity contribution < 1.29 is 4.74 Å². The molecule has 0 atom stereocenters. The molecule has 4 aromatic rings. The third-order valence-electron chi connectivity index (χ3n) is 5.81. The van der Waals surface area contributed by atoms with Gasteiger partial charge >= 0.3 is 5.69 Å². The molecule has 5 rings (SSSR count). The number of rotatable bonds is 6. The minimum atomic E-state index is -0.292. The van der Waals surface area contributed by atoms with Crippen molar-refractivity contribution in [2.75, 3.05) is 32.0 Å². The number of piperidine rings is 1. The number of benzene rings is 2. The number of nitrogens with zero attached hydrogens (tertiary/aromatic N) is 5. The molecule has 8 nitrogen and oxygen atoms in total. The Bertz CT molecular complexity index is 1260. The van der Waals surface area contributed by atoms with Crippen molar-refractivity contribution in [2.45, 2.75) is 19.3 Å². The van der Waals surface area contributed by atoms with Crippen LogP contribution in [0.1, 0.15) is 19.3 Å². The summed E-state index contributed by atoms with van der Waals surface area (Å²) >= 11 is 0. The lowest BCUT2D eigenvalue weighted by Crippen LogP contribution is -2.33. The monoisotopic (exact) mass is 430 g/mol. The lowest BCUT2D eigenvalue weighted by Gasteiger charge is -2.26. The number of para-hydroxylation sites is 1. The second-order valence-corrected chi connectivity index (χ2v) is 8.01. The number of nitrogen functional groups attached to an aromatic ring is 1. The number of likely N-dealkylation sites (tertiary alicyclic amines) is 1.